The average molecular weight is 444 g/mol. The molecule has 0 spiro atoms. The number of nitrogens with zero attached hydrogens (tertiary/aromatic N) is 3. The SMILES string of the molecule is CSc1ccc(CNc2ncc(-c3cccc([N+](=O)[O-])c3)n2C)cc1.O=C(O)C(=O)O. The number of aliphatic carboxylic acids is 2. The van der Waals surface area contributed by atoms with Crippen LogP contribution in [0, 0.1) is 10.1 Å². The number of aromatic nitrogens is 2. The zero-order chi connectivity index (χ0) is 23.0. The van der Waals surface area contributed by atoms with Crippen molar-refractivity contribution in [3.05, 3.63) is 70.4 Å². The van der Waals surface area contributed by atoms with Gasteiger partial charge < -0.3 is 20.1 Å². The second-order valence-electron chi connectivity index (χ2n) is 6.15. The van der Waals surface area contributed by atoms with Gasteiger partial charge in [-0.15, -0.1) is 11.8 Å². The maximum Gasteiger partial charge on any atom is 0.414 e. The summed E-state index contributed by atoms with van der Waals surface area (Å²) in [6.45, 7) is 0.661. The highest BCUT2D eigenvalue weighted by Crippen LogP contribution is 2.25. The number of carbonyl (C=O) groups is 2. The summed E-state index contributed by atoms with van der Waals surface area (Å²) in [4.78, 5) is 34.4. The number of imidazole rings is 1. The minimum atomic E-state index is -1.82. The minimum absolute atomic E-state index is 0.0714. The van der Waals surface area contributed by atoms with Crippen molar-refractivity contribution in [1.29, 1.82) is 0 Å². The van der Waals surface area contributed by atoms with Crippen LogP contribution in [-0.4, -0.2) is 42.9 Å². The number of thioether (sulfide) groups is 1. The van der Waals surface area contributed by atoms with Gasteiger partial charge >= 0.3 is 11.9 Å². The fourth-order valence-corrected chi connectivity index (χ4v) is 2.95. The second-order valence-corrected chi connectivity index (χ2v) is 7.03. The van der Waals surface area contributed by atoms with Crippen LogP contribution in [0.15, 0.2) is 59.6 Å². The number of hydrogen-bond acceptors (Lipinski definition) is 7. The number of carboxylic acid groups (broad SMARTS) is 2. The molecule has 0 saturated carbocycles. The summed E-state index contributed by atoms with van der Waals surface area (Å²) in [6.07, 6.45) is 3.77. The van der Waals surface area contributed by atoms with Crippen LogP contribution in [0.3, 0.4) is 0 Å². The van der Waals surface area contributed by atoms with Crippen molar-refractivity contribution in [1.82, 2.24) is 9.55 Å². The Morgan fingerprint density at radius 2 is 1.81 bits per heavy atom. The van der Waals surface area contributed by atoms with Crippen molar-refractivity contribution in [2.24, 2.45) is 7.05 Å². The van der Waals surface area contributed by atoms with Gasteiger partial charge in [-0.25, -0.2) is 14.6 Å². The summed E-state index contributed by atoms with van der Waals surface area (Å²) in [6, 6.07) is 14.9. The second kappa shape index (κ2) is 10.8. The number of non-ortho nitro benzene ring substituents is 1. The van der Waals surface area contributed by atoms with Crippen LogP contribution < -0.4 is 5.32 Å². The molecular formula is C20H20N4O6S. The molecule has 1 heterocycles. The highest BCUT2D eigenvalue weighted by atomic mass is 32.2. The topological polar surface area (TPSA) is 148 Å². The van der Waals surface area contributed by atoms with Crippen LogP contribution in [-0.2, 0) is 23.2 Å². The maximum absolute atomic E-state index is 10.9. The van der Waals surface area contributed by atoms with Crippen molar-refractivity contribution in [3.8, 4) is 11.3 Å². The zero-order valence-corrected chi connectivity index (χ0v) is 17.5. The highest BCUT2D eigenvalue weighted by Gasteiger charge is 2.12. The third-order valence-electron chi connectivity index (χ3n) is 4.13. The van der Waals surface area contributed by atoms with Gasteiger partial charge in [-0.1, -0.05) is 24.3 Å². The number of nitrogens with one attached hydrogen (secondary N) is 1. The third-order valence-corrected chi connectivity index (χ3v) is 4.88. The van der Waals surface area contributed by atoms with E-state index >= 15 is 0 Å². The van der Waals surface area contributed by atoms with Crippen LogP contribution in [0.2, 0.25) is 0 Å². The van der Waals surface area contributed by atoms with E-state index in [1.54, 1.807) is 30.1 Å². The molecule has 0 amide bonds. The number of nitro groups is 1. The van der Waals surface area contributed by atoms with Gasteiger partial charge in [-0.3, -0.25) is 10.1 Å². The molecule has 162 valence electrons. The molecule has 11 heteroatoms. The van der Waals surface area contributed by atoms with Gasteiger partial charge in [0.05, 0.1) is 16.8 Å². The number of nitro benzene ring substituents is 1. The Balaban J connectivity index is 0.000000501. The first-order valence-corrected chi connectivity index (χ1v) is 10.0. The molecule has 1 aromatic heterocycles. The van der Waals surface area contributed by atoms with Gasteiger partial charge in [0.1, 0.15) is 0 Å². The first-order chi connectivity index (χ1) is 14.7. The average Bonchev–Trinajstić information content (AvgIpc) is 3.13. The lowest BCUT2D eigenvalue weighted by Crippen LogP contribution is -2.09. The molecule has 0 fully saturated rings. The van der Waals surface area contributed by atoms with Crippen LogP contribution >= 0.6 is 11.8 Å². The van der Waals surface area contributed by atoms with Gasteiger partial charge in [-0.05, 0) is 24.0 Å². The Kier molecular flexibility index (Phi) is 8.15. The van der Waals surface area contributed by atoms with Gasteiger partial charge in [0.25, 0.3) is 5.69 Å². The standard InChI is InChI=1S/C18H18N4O2S.C2H2O4/c1-21-17(14-4-3-5-15(10-14)22(23)24)12-20-18(21)19-11-13-6-8-16(25-2)9-7-13;3-1(4)2(5)6/h3-10,12H,11H2,1-2H3,(H,19,20);(H,3,4)(H,5,6). The van der Waals surface area contributed by atoms with Crippen molar-refractivity contribution >= 4 is 35.3 Å². The van der Waals surface area contributed by atoms with Gasteiger partial charge in [0, 0.05) is 36.2 Å². The number of carboxylic acids is 2. The van der Waals surface area contributed by atoms with Crippen LogP contribution in [0.1, 0.15) is 5.56 Å². The van der Waals surface area contributed by atoms with Crippen LogP contribution in [0.25, 0.3) is 11.3 Å². The summed E-state index contributed by atoms with van der Waals surface area (Å²) in [5, 5.41) is 29.0. The number of rotatable bonds is 6. The molecule has 2 aromatic carbocycles. The first-order valence-electron chi connectivity index (χ1n) is 8.82. The Bertz CT molecular complexity index is 1070. The molecule has 31 heavy (non-hydrogen) atoms. The molecule has 10 nitrogen and oxygen atoms in total. The summed E-state index contributed by atoms with van der Waals surface area (Å²) in [7, 11) is 1.89. The quantitative estimate of drug-likeness (QED) is 0.225. The Morgan fingerprint density at radius 1 is 1.16 bits per heavy atom. The molecule has 0 aliphatic rings. The van der Waals surface area contributed by atoms with Crippen molar-refractivity contribution in [2.75, 3.05) is 11.6 Å². The summed E-state index contributed by atoms with van der Waals surface area (Å²) in [5.41, 5.74) is 2.82. The summed E-state index contributed by atoms with van der Waals surface area (Å²) >= 11 is 1.71. The van der Waals surface area contributed by atoms with E-state index in [1.807, 2.05) is 17.7 Å². The third kappa shape index (κ3) is 6.57. The van der Waals surface area contributed by atoms with Crippen molar-refractivity contribution in [2.45, 2.75) is 11.4 Å². The van der Waals surface area contributed by atoms with E-state index < -0.39 is 16.9 Å². The lowest BCUT2D eigenvalue weighted by Gasteiger charge is -2.09. The summed E-state index contributed by atoms with van der Waals surface area (Å²) in [5.74, 6) is -2.93. The van der Waals surface area contributed by atoms with Gasteiger partial charge in [-0.2, -0.15) is 0 Å². The fourth-order valence-electron chi connectivity index (χ4n) is 2.55. The molecule has 3 rings (SSSR count). The number of anilines is 1. The van der Waals surface area contributed by atoms with Crippen molar-refractivity contribution in [3.63, 3.8) is 0 Å². The Morgan fingerprint density at radius 3 is 2.35 bits per heavy atom. The van der Waals surface area contributed by atoms with E-state index in [0.29, 0.717) is 6.54 Å². The van der Waals surface area contributed by atoms with Crippen molar-refractivity contribution < 1.29 is 24.7 Å². The lowest BCUT2D eigenvalue weighted by molar-refractivity contribution is -0.384. The van der Waals surface area contributed by atoms with E-state index in [2.05, 4.69) is 40.8 Å². The normalized spacial score (nSPS) is 10.0. The monoisotopic (exact) mass is 444 g/mol. The molecule has 3 aromatic rings. The summed E-state index contributed by atoms with van der Waals surface area (Å²) < 4.78 is 1.90. The smallest absolute Gasteiger partial charge is 0.414 e. The molecule has 3 N–H and O–H groups in total. The molecule has 0 saturated heterocycles. The largest absolute Gasteiger partial charge is 0.473 e. The maximum atomic E-state index is 10.9. The number of benzene rings is 2. The van der Waals surface area contributed by atoms with Crippen LogP contribution in [0.5, 0.6) is 0 Å². The van der Waals surface area contributed by atoms with E-state index in [4.69, 9.17) is 19.8 Å². The molecule has 0 radical (unpaired) electrons. The molecular weight excluding hydrogens is 424 g/mol. The van der Waals surface area contributed by atoms with Gasteiger partial charge in [0.15, 0.2) is 0 Å². The lowest BCUT2D eigenvalue weighted by atomic mass is 10.1. The Hall–Kier alpha value is -3.86. The van der Waals surface area contributed by atoms with E-state index in [-0.39, 0.29) is 5.69 Å². The predicted octanol–water partition coefficient (Wildman–Crippen LogP) is 3.48. The zero-order valence-electron chi connectivity index (χ0n) is 16.7. The predicted molar refractivity (Wildman–Crippen MR) is 116 cm³/mol. The van der Waals surface area contributed by atoms with Gasteiger partial charge in [0.2, 0.25) is 5.95 Å². The van der Waals surface area contributed by atoms with E-state index in [0.717, 1.165) is 22.8 Å². The van der Waals surface area contributed by atoms with E-state index in [1.165, 1.54) is 11.0 Å². The minimum Gasteiger partial charge on any atom is -0.473 e. The van der Waals surface area contributed by atoms with Crippen LogP contribution in [0.4, 0.5) is 11.6 Å². The Labute approximate surface area is 181 Å². The molecule has 0 aliphatic heterocycles. The molecule has 0 aliphatic carbocycles. The first kappa shape index (κ1) is 23.4. The molecule has 0 bridgehead atoms. The molecule has 0 unspecified atom stereocenters. The van der Waals surface area contributed by atoms with E-state index in [9.17, 15) is 10.1 Å². The fraction of sp³-hybridized carbons (Fsp3) is 0.150. The molecule has 0 atom stereocenters. The number of hydrogen-bond donors (Lipinski definition) is 3. The highest BCUT2D eigenvalue weighted by molar-refractivity contribution is 7.98.